The van der Waals surface area contributed by atoms with Crippen LogP contribution in [0.2, 0.25) is 0 Å². The van der Waals surface area contributed by atoms with Gasteiger partial charge in [0.05, 0.1) is 13.2 Å². The van der Waals surface area contributed by atoms with Gasteiger partial charge in [0, 0.05) is 0 Å². The minimum absolute atomic E-state index is 0.141. The van der Waals surface area contributed by atoms with Gasteiger partial charge in [-0.05, 0) is 24.2 Å². The fraction of sp³-hybridized carbons (Fsp3) is 0.308. The zero-order valence-corrected chi connectivity index (χ0v) is 11.8. The third kappa shape index (κ3) is 4.36. The fourth-order valence-corrected chi connectivity index (χ4v) is 1.87. The number of hydrogen-bond acceptors (Lipinski definition) is 7. The van der Waals surface area contributed by atoms with Gasteiger partial charge >= 0.3 is 11.9 Å². The van der Waals surface area contributed by atoms with E-state index in [1.807, 2.05) is 30.3 Å². The molecule has 1 aromatic carbocycles. The highest BCUT2D eigenvalue weighted by atomic mass is 32.2. The Labute approximate surface area is 120 Å². The molecule has 106 valence electrons. The van der Waals surface area contributed by atoms with Gasteiger partial charge in [-0.2, -0.15) is 0 Å². The van der Waals surface area contributed by atoms with Crippen molar-refractivity contribution in [1.82, 2.24) is 10.2 Å². The zero-order valence-electron chi connectivity index (χ0n) is 10.9. The highest BCUT2D eigenvalue weighted by molar-refractivity contribution is 7.98. The van der Waals surface area contributed by atoms with Crippen molar-refractivity contribution in [3.63, 3.8) is 0 Å². The first-order valence-electron chi connectivity index (χ1n) is 6.04. The molecule has 0 saturated carbocycles. The summed E-state index contributed by atoms with van der Waals surface area (Å²) in [5.74, 6) is -0.395. The van der Waals surface area contributed by atoms with Crippen molar-refractivity contribution in [2.24, 2.45) is 0 Å². The largest absolute Gasteiger partial charge is 0.459 e. The van der Waals surface area contributed by atoms with Crippen molar-refractivity contribution >= 4 is 17.7 Å². The molecule has 0 aliphatic rings. The van der Waals surface area contributed by atoms with E-state index in [9.17, 15) is 4.79 Å². The maximum absolute atomic E-state index is 11.3. The average molecular weight is 294 g/mol. The number of thioether (sulfide) groups is 1. The Morgan fingerprint density at radius 1 is 1.30 bits per heavy atom. The van der Waals surface area contributed by atoms with Crippen molar-refractivity contribution in [3.8, 4) is 0 Å². The summed E-state index contributed by atoms with van der Waals surface area (Å²) in [6, 6.07) is 9.82. The van der Waals surface area contributed by atoms with Crippen molar-refractivity contribution in [2.45, 2.75) is 18.8 Å². The van der Waals surface area contributed by atoms with Crippen molar-refractivity contribution < 1.29 is 18.7 Å². The lowest BCUT2D eigenvalue weighted by atomic mass is 10.2. The van der Waals surface area contributed by atoms with Crippen LogP contribution in [-0.2, 0) is 16.1 Å². The Bertz CT molecular complexity index is 544. The van der Waals surface area contributed by atoms with Gasteiger partial charge in [0.25, 0.3) is 5.22 Å². The van der Waals surface area contributed by atoms with E-state index in [0.29, 0.717) is 12.5 Å². The molecule has 2 aromatic rings. The molecule has 0 N–H and O–H groups in total. The van der Waals surface area contributed by atoms with Gasteiger partial charge in [-0.1, -0.05) is 35.4 Å². The molecule has 0 saturated heterocycles. The number of aromatic nitrogens is 2. The lowest BCUT2D eigenvalue weighted by molar-refractivity contribution is 0.0475. The van der Waals surface area contributed by atoms with Crippen LogP contribution in [0.1, 0.15) is 23.2 Å². The molecule has 20 heavy (non-hydrogen) atoms. The summed E-state index contributed by atoms with van der Waals surface area (Å²) in [6.07, 6.45) is 0. The summed E-state index contributed by atoms with van der Waals surface area (Å²) in [4.78, 5) is 11.3. The smallest absolute Gasteiger partial charge is 0.396 e. The van der Waals surface area contributed by atoms with Crippen LogP contribution in [0.5, 0.6) is 0 Å². The number of ether oxygens (including phenoxy) is 2. The van der Waals surface area contributed by atoms with Crippen molar-refractivity contribution in [1.29, 1.82) is 0 Å². The summed E-state index contributed by atoms with van der Waals surface area (Å²) in [6.45, 7) is 2.48. The minimum Gasteiger partial charge on any atom is -0.459 e. The lowest BCUT2D eigenvalue weighted by Gasteiger charge is -2.01. The topological polar surface area (TPSA) is 74.5 Å². The molecule has 1 aromatic heterocycles. The molecule has 0 unspecified atom stereocenters. The van der Waals surface area contributed by atoms with Crippen LogP contribution in [0.4, 0.5) is 0 Å². The standard InChI is InChI=1S/C13H14N2O4S/c1-2-18-12(16)11-14-15-13(19-11)20-9-17-8-10-6-4-3-5-7-10/h3-7H,2,8-9H2,1H3. The number of esters is 1. The second-order valence-corrected chi connectivity index (χ2v) is 4.56. The summed E-state index contributed by atoms with van der Waals surface area (Å²) in [7, 11) is 0. The van der Waals surface area contributed by atoms with E-state index in [-0.39, 0.29) is 17.7 Å². The maximum Gasteiger partial charge on any atom is 0.396 e. The van der Waals surface area contributed by atoms with Gasteiger partial charge in [0.15, 0.2) is 0 Å². The van der Waals surface area contributed by atoms with Crippen molar-refractivity contribution in [2.75, 3.05) is 12.5 Å². The maximum atomic E-state index is 11.3. The monoisotopic (exact) mass is 294 g/mol. The highest BCUT2D eigenvalue weighted by Gasteiger charge is 2.15. The number of benzene rings is 1. The third-order valence-corrected chi connectivity index (χ3v) is 2.93. The van der Waals surface area contributed by atoms with Gasteiger partial charge in [0.2, 0.25) is 0 Å². The molecule has 0 spiro atoms. The van der Waals surface area contributed by atoms with E-state index >= 15 is 0 Å². The van der Waals surface area contributed by atoms with Crippen LogP contribution in [-0.4, -0.2) is 28.7 Å². The first-order valence-corrected chi connectivity index (χ1v) is 7.03. The first kappa shape index (κ1) is 14.5. The quantitative estimate of drug-likeness (QED) is 0.336. The summed E-state index contributed by atoms with van der Waals surface area (Å²) >= 11 is 1.23. The van der Waals surface area contributed by atoms with Crippen molar-refractivity contribution in [3.05, 3.63) is 41.8 Å². The third-order valence-electron chi connectivity index (χ3n) is 2.23. The molecule has 6 nitrogen and oxygen atoms in total. The molecule has 0 amide bonds. The molecule has 0 aliphatic carbocycles. The Kier molecular flexibility index (Phi) is 5.57. The zero-order chi connectivity index (χ0) is 14.2. The molecule has 0 bridgehead atoms. The van der Waals surface area contributed by atoms with Gasteiger partial charge < -0.3 is 13.9 Å². The normalized spacial score (nSPS) is 10.4. The molecule has 0 fully saturated rings. The highest BCUT2D eigenvalue weighted by Crippen LogP contribution is 2.17. The number of rotatable bonds is 7. The number of hydrogen-bond donors (Lipinski definition) is 0. The lowest BCUT2D eigenvalue weighted by Crippen LogP contribution is -2.04. The molecule has 0 radical (unpaired) electrons. The summed E-state index contributed by atoms with van der Waals surface area (Å²) < 4.78 is 15.3. The predicted molar refractivity (Wildman–Crippen MR) is 72.2 cm³/mol. The summed E-state index contributed by atoms with van der Waals surface area (Å²) in [5, 5.41) is 7.61. The number of nitrogens with zero attached hydrogens (tertiary/aromatic N) is 2. The van der Waals surface area contributed by atoms with E-state index in [2.05, 4.69) is 10.2 Å². The van der Waals surface area contributed by atoms with Gasteiger partial charge in [-0.3, -0.25) is 0 Å². The van der Waals surface area contributed by atoms with Crippen LogP contribution in [0.15, 0.2) is 40.0 Å². The Hall–Kier alpha value is -1.86. The predicted octanol–water partition coefficient (Wildman–Crippen LogP) is 2.51. The number of carbonyl (C=O) groups is 1. The summed E-state index contributed by atoms with van der Waals surface area (Å²) in [5.41, 5.74) is 1.09. The Balaban J connectivity index is 1.73. The average Bonchev–Trinajstić information content (AvgIpc) is 2.94. The molecule has 1 heterocycles. The van der Waals surface area contributed by atoms with Crippen LogP contribution >= 0.6 is 11.8 Å². The number of carbonyl (C=O) groups excluding carboxylic acids is 1. The van der Waals surface area contributed by atoms with Crippen LogP contribution in [0.3, 0.4) is 0 Å². The second-order valence-electron chi connectivity index (χ2n) is 3.69. The molecular formula is C13H14N2O4S. The molecule has 2 rings (SSSR count). The Morgan fingerprint density at radius 3 is 2.85 bits per heavy atom. The van der Waals surface area contributed by atoms with Gasteiger partial charge in [0.1, 0.15) is 5.94 Å². The minimum atomic E-state index is -0.614. The van der Waals surface area contributed by atoms with Gasteiger partial charge in [-0.15, -0.1) is 5.10 Å². The fourth-order valence-electron chi connectivity index (χ4n) is 1.37. The molecular weight excluding hydrogens is 280 g/mol. The van der Waals surface area contributed by atoms with E-state index in [4.69, 9.17) is 13.9 Å². The van der Waals surface area contributed by atoms with E-state index < -0.39 is 5.97 Å². The van der Waals surface area contributed by atoms with Crippen LogP contribution < -0.4 is 0 Å². The molecule has 0 atom stereocenters. The SMILES string of the molecule is CCOC(=O)c1nnc(SCOCc2ccccc2)o1. The van der Waals surface area contributed by atoms with Gasteiger partial charge in [-0.25, -0.2) is 4.79 Å². The van der Waals surface area contributed by atoms with E-state index in [0.717, 1.165) is 5.56 Å². The second kappa shape index (κ2) is 7.66. The van der Waals surface area contributed by atoms with Crippen LogP contribution in [0, 0.1) is 0 Å². The Morgan fingerprint density at radius 2 is 2.10 bits per heavy atom. The van der Waals surface area contributed by atoms with Crippen LogP contribution in [0.25, 0.3) is 0 Å². The first-order chi connectivity index (χ1) is 9.79. The molecule has 0 aliphatic heterocycles. The molecule has 7 heteroatoms. The van der Waals surface area contributed by atoms with E-state index in [1.54, 1.807) is 6.92 Å². The van der Waals surface area contributed by atoms with E-state index in [1.165, 1.54) is 11.8 Å².